The summed E-state index contributed by atoms with van der Waals surface area (Å²) in [6.45, 7) is 1.79. The minimum atomic E-state index is -0.889. The molecule has 0 saturated carbocycles. The zero-order chi connectivity index (χ0) is 20.7. The zero-order valence-electron chi connectivity index (χ0n) is 16.0. The van der Waals surface area contributed by atoms with Crippen LogP contribution in [0.5, 0.6) is 0 Å². The molecule has 0 spiro atoms. The molecule has 0 radical (unpaired) electrons. The van der Waals surface area contributed by atoms with Gasteiger partial charge in [0.05, 0.1) is 39.0 Å². The third-order valence-electron chi connectivity index (χ3n) is 4.19. The van der Waals surface area contributed by atoms with Crippen LogP contribution in [-0.4, -0.2) is 60.4 Å². The summed E-state index contributed by atoms with van der Waals surface area (Å²) in [5, 5.41) is 11.1. The molecular weight excluding hydrogens is 368 g/mol. The number of aliphatic hydroxyl groups is 1. The fourth-order valence-electron chi connectivity index (χ4n) is 2.80. The highest BCUT2D eigenvalue weighted by Crippen LogP contribution is 2.21. The minimum absolute atomic E-state index is 0.0418. The molecule has 0 unspecified atom stereocenters. The lowest BCUT2D eigenvalue weighted by Gasteiger charge is -2.27. The van der Waals surface area contributed by atoms with Crippen LogP contribution in [0, 0.1) is 0 Å². The number of nitrogens with zero attached hydrogens (tertiary/aromatic N) is 1. The van der Waals surface area contributed by atoms with Crippen LogP contribution in [0.1, 0.15) is 18.9 Å². The molecule has 1 heterocycles. The topological polar surface area (TPSA) is 114 Å². The number of rotatable bonds is 8. The summed E-state index contributed by atoms with van der Waals surface area (Å²) in [5.41, 5.74) is 3.43. The number of hydrogen-bond acceptors (Lipinski definition) is 8. The maximum absolute atomic E-state index is 12.4. The highest BCUT2D eigenvalue weighted by atomic mass is 16.5. The SMILES string of the molecule is COC(=O)/C=C(/C(=O)OC)N1N[C@@H]([C@@H](OCc2ccccc2)[C@H](C)O)CC1=O. The number of nitrogens with one attached hydrogen (secondary N) is 1. The Bertz CT molecular complexity index is 733. The van der Waals surface area contributed by atoms with Crippen molar-refractivity contribution in [3.8, 4) is 0 Å². The van der Waals surface area contributed by atoms with Gasteiger partial charge in [0.25, 0.3) is 0 Å². The monoisotopic (exact) mass is 392 g/mol. The summed E-state index contributed by atoms with van der Waals surface area (Å²) < 4.78 is 15.0. The Labute approximate surface area is 162 Å². The van der Waals surface area contributed by atoms with Gasteiger partial charge >= 0.3 is 11.9 Å². The average molecular weight is 392 g/mol. The largest absolute Gasteiger partial charge is 0.466 e. The molecule has 1 aromatic rings. The van der Waals surface area contributed by atoms with E-state index in [1.54, 1.807) is 6.92 Å². The van der Waals surface area contributed by atoms with Crippen LogP contribution >= 0.6 is 0 Å². The van der Waals surface area contributed by atoms with Crippen LogP contribution in [0.25, 0.3) is 0 Å². The smallest absolute Gasteiger partial charge is 0.356 e. The van der Waals surface area contributed by atoms with E-state index in [9.17, 15) is 19.5 Å². The maximum atomic E-state index is 12.4. The van der Waals surface area contributed by atoms with E-state index in [4.69, 9.17) is 4.74 Å². The van der Waals surface area contributed by atoms with Gasteiger partial charge in [-0.15, -0.1) is 0 Å². The number of carbonyl (C=O) groups excluding carboxylic acids is 3. The number of aliphatic hydroxyl groups excluding tert-OH is 1. The van der Waals surface area contributed by atoms with Crippen LogP contribution in [0.3, 0.4) is 0 Å². The number of carbonyl (C=O) groups is 3. The van der Waals surface area contributed by atoms with E-state index in [0.717, 1.165) is 30.9 Å². The first-order valence-corrected chi connectivity index (χ1v) is 8.68. The second-order valence-electron chi connectivity index (χ2n) is 6.22. The molecule has 0 aliphatic carbocycles. The Morgan fingerprint density at radius 2 is 1.96 bits per heavy atom. The average Bonchev–Trinajstić information content (AvgIpc) is 3.06. The molecule has 9 heteroatoms. The number of esters is 2. The lowest BCUT2D eigenvalue weighted by atomic mass is 10.0. The summed E-state index contributed by atoms with van der Waals surface area (Å²) >= 11 is 0. The minimum Gasteiger partial charge on any atom is -0.466 e. The van der Waals surface area contributed by atoms with Crippen molar-refractivity contribution < 1.29 is 33.7 Å². The molecule has 2 N–H and O–H groups in total. The second kappa shape index (κ2) is 9.98. The Balaban J connectivity index is 2.15. The van der Waals surface area contributed by atoms with E-state index in [1.165, 1.54) is 0 Å². The molecule has 1 saturated heterocycles. The lowest BCUT2D eigenvalue weighted by Crippen LogP contribution is -2.48. The van der Waals surface area contributed by atoms with Gasteiger partial charge in [-0.1, -0.05) is 30.3 Å². The van der Waals surface area contributed by atoms with E-state index in [1.807, 2.05) is 30.3 Å². The van der Waals surface area contributed by atoms with Gasteiger partial charge in [-0.3, -0.25) is 4.79 Å². The molecule has 1 aromatic carbocycles. The van der Waals surface area contributed by atoms with Gasteiger partial charge in [0.2, 0.25) is 5.91 Å². The van der Waals surface area contributed by atoms with Gasteiger partial charge in [0.1, 0.15) is 6.10 Å². The Morgan fingerprint density at radius 3 is 2.54 bits per heavy atom. The number of amides is 1. The predicted molar refractivity (Wildman–Crippen MR) is 97.2 cm³/mol. The second-order valence-corrected chi connectivity index (χ2v) is 6.22. The molecule has 9 nitrogen and oxygen atoms in total. The van der Waals surface area contributed by atoms with Crippen molar-refractivity contribution in [3.63, 3.8) is 0 Å². The highest BCUT2D eigenvalue weighted by Gasteiger charge is 2.40. The Kier molecular flexibility index (Phi) is 7.68. The van der Waals surface area contributed by atoms with E-state index < -0.39 is 36.1 Å². The first-order valence-electron chi connectivity index (χ1n) is 8.68. The van der Waals surface area contributed by atoms with Crippen molar-refractivity contribution >= 4 is 17.8 Å². The van der Waals surface area contributed by atoms with Crippen LogP contribution in [0.15, 0.2) is 42.1 Å². The summed E-state index contributed by atoms with van der Waals surface area (Å²) in [6.07, 6.45) is -0.799. The maximum Gasteiger partial charge on any atom is 0.356 e. The van der Waals surface area contributed by atoms with Crippen LogP contribution in [0.2, 0.25) is 0 Å². The third-order valence-corrected chi connectivity index (χ3v) is 4.19. The van der Waals surface area contributed by atoms with Crippen molar-refractivity contribution in [2.24, 2.45) is 0 Å². The van der Waals surface area contributed by atoms with Crippen molar-refractivity contribution in [2.75, 3.05) is 14.2 Å². The van der Waals surface area contributed by atoms with Gasteiger partial charge in [0.15, 0.2) is 5.70 Å². The van der Waals surface area contributed by atoms with Gasteiger partial charge in [-0.2, -0.15) is 0 Å². The molecule has 0 bridgehead atoms. The molecule has 28 heavy (non-hydrogen) atoms. The summed E-state index contributed by atoms with van der Waals surface area (Å²) in [6, 6.07) is 8.78. The molecular formula is C19H24N2O7. The first kappa shape index (κ1) is 21.5. The molecule has 1 aliphatic heterocycles. The normalized spacial score (nSPS) is 19.3. The van der Waals surface area contributed by atoms with E-state index in [2.05, 4.69) is 14.9 Å². The summed E-state index contributed by atoms with van der Waals surface area (Å²) in [4.78, 5) is 36.0. The molecule has 1 fully saturated rings. The standard InChI is InChI=1S/C19H24N2O7/c1-12(22)18(28-11-13-7-5-4-6-8-13)14-9-16(23)21(20-14)15(19(25)27-3)10-17(24)26-2/h4-8,10,12,14,18,20,22H,9,11H2,1-3H3/b15-10-/t12-,14+,18-/m0/s1. The molecule has 0 aromatic heterocycles. The van der Waals surface area contributed by atoms with Crippen LogP contribution in [0.4, 0.5) is 0 Å². The van der Waals surface area contributed by atoms with Crippen molar-refractivity contribution in [3.05, 3.63) is 47.7 Å². The number of benzene rings is 1. The summed E-state index contributed by atoms with van der Waals surface area (Å²) in [5.74, 6) is -2.17. The van der Waals surface area contributed by atoms with Gasteiger partial charge in [-0.05, 0) is 12.5 Å². The highest BCUT2D eigenvalue weighted by molar-refractivity contribution is 5.99. The number of hydrazine groups is 1. The summed E-state index contributed by atoms with van der Waals surface area (Å²) in [7, 11) is 2.28. The third kappa shape index (κ3) is 5.38. The number of methoxy groups -OCH3 is 2. The van der Waals surface area contributed by atoms with E-state index >= 15 is 0 Å². The van der Waals surface area contributed by atoms with Crippen LogP contribution < -0.4 is 5.43 Å². The number of ether oxygens (including phenoxy) is 3. The van der Waals surface area contributed by atoms with Crippen molar-refractivity contribution in [1.29, 1.82) is 0 Å². The Morgan fingerprint density at radius 1 is 1.29 bits per heavy atom. The predicted octanol–water partition coefficient (Wildman–Crippen LogP) is 0.288. The van der Waals surface area contributed by atoms with E-state index in [0.29, 0.717) is 0 Å². The van der Waals surface area contributed by atoms with Gasteiger partial charge < -0.3 is 19.3 Å². The Hall–Kier alpha value is -2.75. The quantitative estimate of drug-likeness (QED) is 0.479. The number of hydrogen-bond donors (Lipinski definition) is 2. The molecule has 1 aliphatic rings. The van der Waals surface area contributed by atoms with Crippen molar-refractivity contribution in [2.45, 2.75) is 38.2 Å². The van der Waals surface area contributed by atoms with Crippen molar-refractivity contribution in [1.82, 2.24) is 10.4 Å². The molecule has 3 atom stereocenters. The molecule has 152 valence electrons. The first-order chi connectivity index (χ1) is 13.4. The lowest BCUT2D eigenvalue weighted by molar-refractivity contribution is -0.143. The fourth-order valence-corrected chi connectivity index (χ4v) is 2.80. The fraction of sp³-hybridized carbons (Fsp3) is 0.421. The van der Waals surface area contributed by atoms with Crippen LogP contribution in [-0.2, 0) is 35.2 Å². The van der Waals surface area contributed by atoms with Gasteiger partial charge in [-0.25, -0.2) is 20.0 Å². The van der Waals surface area contributed by atoms with E-state index in [-0.39, 0.29) is 18.7 Å². The molecule has 1 amide bonds. The molecule has 2 rings (SSSR count). The zero-order valence-corrected chi connectivity index (χ0v) is 16.0. The van der Waals surface area contributed by atoms with Gasteiger partial charge in [0, 0.05) is 6.42 Å².